The van der Waals surface area contributed by atoms with E-state index in [1.165, 1.54) is 35.9 Å². The molecule has 0 saturated heterocycles. The zero-order valence-electron chi connectivity index (χ0n) is 10.9. The van der Waals surface area contributed by atoms with Gasteiger partial charge >= 0.3 is 0 Å². The van der Waals surface area contributed by atoms with E-state index in [9.17, 15) is 0 Å². The van der Waals surface area contributed by atoms with E-state index in [2.05, 4.69) is 48.0 Å². The molecule has 1 aromatic heterocycles. The molecule has 0 bridgehead atoms. The Bertz CT molecular complexity index is 455. The summed E-state index contributed by atoms with van der Waals surface area (Å²) in [5.41, 5.74) is 2.68. The first-order valence-corrected chi connectivity index (χ1v) is 6.62. The number of rotatable bonds is 6. The lowest BCUT2D eigenvalue weighted by atomic mass is 10.1. The summed E-state index contributed by atoms with van der Waals surface area (Å²) in [6.07, 6.45) is 4.43. The molecular weight excluding hydrogens is 208 g/mol. The fraction of sp³-hybridized carbons (Fsp3) is 0.467. The number of benzene rings is 1. The number of hydrogen-bond donors (Lipinski definition) is 1. The number of nitrogens with zero attached hydrogens (tertiary/aromatic N) is 1. The minimum absolute atomic E-state index is 1.16. The Labute approximate surface area is 104 Å². The van der Waals surface area contributed by atoms with E-state index in [4.69, 9.17) is 0 Å². The fourth-order valence-corrected chi connectivity index (χ4v) is 2.30. The summed E-state index contributed by atoms with van der Waals surface area (Å²) in [5, 5.41) is 1.32. The smallest absolute Gasteiger partial charge is 0.0454 e. The molecule has 0 amide bonds. The summed E-state index contributed by atoms with van der Waals surface area (Å²) in [6, 6.07) is 8.86. The van der Waals surface area contributed by atoms with Crippen molar-refractivity contribution in [3.63, 3.8) is 0 Å². The molecule has 0 unspecified atom stereocenters. The van der Waals surface area contributed by atoms with E-state index in [1.54, 1.807) is 0 Å². The Kier molecular flexibility index (Phi) is 4.21. The first-order chi connectivity index (χ1) is 8.33. The van der Waals surface area contributed by atoms with Crippen molar-refractivity contribution in [3.8, 4) is 0 Å². The van der Waals surface area contributed by atoms with Crippen LogP contribution >= 0.6 is 0 Å². The summed E-state index contributed by atoms with van der Waals surface area (Å²) in [7, 11) is 0. The molecule has 0 aliphatic carbocycles. The van der Waals surface area contributed by atoms with Crippen LogP contribution in [0.3, 0.4) is 0 Å². The van der Waals surface area contributed by atoms with Gasteiger partial charge in [0.2, 0.25) is 0 Å². The number of hydrogen-bond acceptors (Lipinski definition) is 1. The summed E-state index contributed by atoms with van der Waals surface area (Å²) in [4.78, 5) is 5.71. The quantitative estimate of drug-likeness (QED) is 0.805. The molecule has 92 valence electrons. The fourth-order valence-electron chi connectivity index (χ4n) is 2.30. The van der Waals surface area contributed by atoms with Crippen molar-refractivity contribution in [1.29, 1.82) is 0 Å². The van der Waals surface area contributed by atoms with Gasteiger partial charge in [-0.25, -0.2) is 0 Å². The van der Waals surface area contributed by atoms with Crippen molar-refractivity contribution in [3.05, 3.63) is 36.0 Å². The van der Waals surface area contributed by atoms with Crippen molar-refractivity contribution in [2.45, 2.75) is 26.7 Å². The Balaban J connectivity index is 1.90. The van der Waals surface area contributed by atoms with Gasteiger partial charge in [0.1, 0.15) is 0 Å². The monoisotopic (exact) mass is 230 g/mol. The maximum atomic E-state index is 3.23. The van der Waals surface area contributed by atoms with Gasteiger partial charge in [0.15, 0.2) is 0 Å². The SMILES string of the molecule is CCN(CC)CCCc1ccc2[nH]ccc2c1. The van der Waals surface area contributed by atoms with Gasteiger partial charge in [0.25, 0.3) is 0 Å². The van der Waals surface area contributed by atoms with E-state index in [0.29, 0.717) is 0 Å². The van der Waals surface area contributed by atoms with Crippen molar-refractivity contribution in [2.24, 2.45) is 0 Å². The van der Waals surface area contributed by atoms with Gasteiger partial charge in [-0.3, -0.25) is 0 Å². The molecule has 2 heteroatoms. The number of aromatic nitrogens is 1. The largest absolute Gasteiger partial charge is 0.361 e. The van der Waals surface area contributed by atoms with Gasteiger partial charge in [-0.1, -0.05) is 19.9 Å². The van der Waals surface area contributed by atoms with Crippen molar-refractivity contribution >= 4 is 10.9 Å². The lowest BCUT2D eigenvalue weighted by Gasteiger charge is -2.17. The molecule has 0 spiro atoms. The Morgan fingerprint density at radius 2 is 1.94 bits per heavy atom. The van der Waals surface area contributed by atoms with Crippen LogP contribution in [-0.2, 0) is 6.42 Å². The van der Waals surface area contributed by atoms with Gasteiger partial charge in [0.05, 0.1) is 0 Å². The van der Waals surface area contributed by atoms with Gasteiger partial charge in [-0.15, -0.1) is 0 Å². The maximum absolute atomic E-state index is 3.23. The zero-order valence-corrected chi connectivity index (χ0v) is 10.9. The standard InChI is InChI=1S/C15H22N2/c1-3-17(4-2)11-5-6-13-7-8-15-14(12-13)9-10-16-15/h7-10,12,16H,3-6,11H2,1-2H3. The normalized spacial score (nSPS) is 11.5. The molecule has 0 atom stereocenters. The first-order valence-electron chi connectivity index (χ1n) is 6.62. The third-order valence-corrected chi connectivity index (χ3v) is 3.45. The summed E-state index contributed by atoms with van der Waals surface area (Å²) in [5.74, 6) is 0. The molecule has 17 heavy (non-hydrogen) atoms. The highest BCUT2D eigenvalue weighted by Gasteiger charge is 2.00. The molecule has 1 N–H and O–H groups in total. The predicted octanol–water partition coefficient (Wildman–Crippen LogP) is 3.44. The van der Waals surface area contributed by atoms with Crippen LogP contribution in [0.4, 0.5) is 0 Å². The van der Waals surface area contributed by atoms with Crippen molar-refractivity contribution in [1.82, 2.24) is 9.88 Å². The van der Waals surface area contributed by atoms with Crippen LogP contribution < -0.4 is 0 Å². The molecule has 0 saturated carbocycles. The van der Waals surface area contributed by atoms with E-state index >= 15 is 0 Å². The minimum Gasteiger partial charge on any atom is -0.361 e. The molecule has 1 heterocycles. The predicted molar refractivity (Wildman–Crippen MR) is 74.4 cm³/mol. The van der Waals surface area contributed by atoms with Gasteiger partial charge < -0.3 is 9.88 Å². The number of H-pyrrole nitrogens is 1. The van der Waals surface area contributed by atoms with E-state index in [1.807, 2.05) is 6.20 Å². The third kappa shape index (κ3) is 3.10. The van der Waals surface area contributed by atoms with Crippen LogP contribution in [0.2, 0.25) is 0 Å². The Hall–Kier alpha value is -1.28. The first kappa shape index (κ1) is 12.2. The van der Waals surface area contributed by atoms with Crippen LogP contribution in [-0.4, -0.2) is 29.5 Å². The lowest BCUT2D eigenvalue weighted by Crippen LogP contribution is -2.24. The lowest BCUT2D eigenvalue weighted by molar-refractivity contribution is 0.300. The maximum Gasteiger partial charge on any atom is 0.0454 e. The number of aromatic amines is 1. The van der Waals surface area contributed by atoms with Crippen molar-refractivity contribution < 1.29 is 0 Å². The average Bonchev–Trinajstić information content (AvgIpc) is 2.82. The minimum atomic E-state index is 1.16. The number of aryl methyl sites for hydroxylation is 1. The molecule has 1 aromatic carbocycles. The van der Waals surface area contributed by atoms with E-state index in [-0.39, 0.29) is 0 Å². The molecule has 0 fully saturated rings. The van der Waals surface area contributed by atoms with Crippen LogP contribution in [0.5, 0.6) is 0 Å². The molecule has 0 aliphatic heterocycles. The van der Waals surface area contributed by atoms with Crippen LogP contribution in [0, 0.1) is 0 Å². The van der Waals surface area contributed by atoms with E-state index < -0.39 is 0 Å². The van der Waals surface area contributed by atoms with E-state index in [0.717, 1.165) is 13.1 Å². The molecule has 2 rings (SSSR count). The second kappa shape index (κ2) is 5.87. The van der Waals surface area contributed by atoms with Gasteiger partial charge in [-0.05, 0) is 61.6 Å². The molecule has 2 nitrogen and oxygen atoms in total. The van der Waals surface area contributed by atoms with Crippen LogP contribution in [0.15, 0.2) is 30.5 Å². The second-order valence-corrected chi connectivity index (χ2v) is 4.53. The highest BCUT2D eigenvalue weighted by Crippen LogP contribution is 2.15. The second-order valence-electron chi connectivity index (χ2n) is 4.53. The Morgan fingerprint density at radius 3 is 2.71 bits per heavy atom. The average molecular weight is 230 g/mol. The summed E-state index contributed by atoms with van der Waals surface area (Å²) in [6.45, 7) is 7.99. The highest BCUT2D eigenvalue weighted by molar-refractivity contribution is 5.79. The topological polar surface area (TPSA) is 19.0 Å². The summed E-state index contributed by atoms with van der Waals surface area (Å²) >= 11 is 0. The molecule has 0 aliphatic rings. The third-order valence-electron chi connectivity index (χ3n) is 3.45. The molecule has 0 radical (unpaired) electrons. The van der Waals surface area contributed by atoms with Crippen LogP contribution in [0.1, 0.15) is 25.8 Å². The van der Waals surface area contributed by atoms with Crippen molar-refractivity contribution in [2.75, 3.05) is 19.6 Å². The van der Waals surface area contributed by atoms with Gasteiger partial charge in [-0.2, -0.15) is 0 Å². The number of nitrogens with one attached hydrogen (secondary N) is 1. The highest BCUT2D eigenvalue weighted by atomic mass is 15.1. The Morgan fingerprint density at radius 1 is 1.12 bits per heavy atom. The molecular formula is C15H22N2. The van der Waals surface area contributed by atoms with Crippen LogP contribution in [0.25, 0.3) is 10.9 Å². The summed E-state index contributed by atoms with van der Waals surface area (Å²) < 4.78 is 0. The zero-order chi connectivity index (χ0) is 12.1. The van der Waals surface area contributed by atoms with Gasteiger partial charge in [0, 0.05) is 11.7 Å². The number of fused-ring (bicyclic) bond motifs is 1. The molecule has 2 aromatic rings.